The van der Waals surface area contributed by atoms with Crippen molar-refractivity contribution >= 4 is 34.8 Å². The Morgan fingerprint density at radius 2 is 1.71 bits per heavy atom. The SMILES string of the molecule is Cc1cc(Cl)ccc1NC(=O)c1oc2c(c1C)/C(=N/NC(=O)C(F)(F)C(F)(F)C(F)(F)F)CCC2. The second-order valence-corrected chi connectivity index (χ2v) is 8.20. The van der Waals surface area contributed by atoms with Gasteiger partial charge in [0.2, 0.25) is 0 Å². The van der Waals surface area contributed by atoms with Crippen LogP contribution in [0.15, 0.2) is 27.7 Å². The van der Waals surface area contributed by atoms with E-state index >= 15 is 0 Å². The van der Waals surface area contributed by atoms with Gasteiger partial charge in [-0.1, -0.05) is 11.6 Å². The standard InChI is InChI=1S/C21H17ClF7N3O3/c1-9-8-11(22)6-7-12(9)30-17(33)16-10(2)15-13(4-3-5-14(15)35-16)31-32-18(34)19(23,24)20(25,26)21(27,28)29/h6-8H,3-5H2,1-2H3,(H,30,33)(H,32,34)/b31-13+. The second kappa shape index (κ2) is 9.17. The van der Waals surface area contributed by atoms with Crippen molar-refractivity contribution in [2.45, 2.75) is 51.1 Å². The van der Waals surface area contributed by atoms with Crippen LogP contribution in [0.1, 0.15) is 45.8 Å². The van der Waals surface area contributed by atoms with Crippen LogP contribution in [0.4, 0.5) is 36.4 Å². The molecule has 0 bridgehead atoms. The Morgan fingerprint density at radius 1 is 1.06 bits per heavy atom. The van der Waals surface area contributed by atoms with E-state index in [0.717, 1.165) is 5.43 Å². The smallest absolute Gasteiger partial charge is 0.455 e. The molecule has 0 saturated heterocycles. The first-order valence-corrected chi connectivity index (χ1v) is 10.3. The molecule has 1 aromatic heterocycles. The highest BCUT2D eigenvalue weighted by molar-refractivity contribution is 6.30. The molecular weight excluding hydrogens is 511 g/mol. The van der Waals surface area contributed by atoms with Gasteiger partial charge in [0.25, 0.3) is 5.91 Å². The number of anilines is 1. The molecule has 6 nitrogen and oxygen atoms in total. The zero-order valence-electron chi connectivity index (χ0n) is 18.0. The van der Waals surface area contributed by atoms with E-state index in [1.165, 1.54) is 6.92 Å². The number of halogens is 8. The van der Waals surface area contributed by atoms with Crippen molar-refractivity contribution in [1.82, 2.24) is 5.43 Å². The number of carbonyl (C=O) groups is 2. The van der Waals surface area contributed by atoms with Crippen molar-refractivity contribution in [2.24, 2.45) is 5.10 Å². The van der Waals surface area contributed by atoms with Crippen LogP contribution in [-0.2, 0) is 11.2 Å². The third-order valence-corrected chi connectivity index (χ3v) is 5.53. The Labute approximate surface area is 198 Å². The molecule has 3 rings (SSSR count). The van der Waals surface area contributed by atoms with Crippen molar-refractivity contribution in [1.29, 1.82) is 0 Å². The van der Waals surface area contributed by atoms with Crippen molar-refractivity contribution in [2.75, 3.05) is 5.32 Å². The van der Waals surface area contributed by atoms with Crippen LogP contribution in [0.3, 0.4) is 0 Å². The lowest BCUT2D eigenvalue weighted by Gasteiger charge is -2.26. The minimum absolute atomic E-state index is 0.0479. The predicted molar refractivity (Wildman–Crippen MR) is 111 cm³/mol. The van der Waals surface area contributed by atoms with E-state index in [1.807, 2.05) is 0 Å². The number of amides is 2. The summed E-state index contributed by atoms with van der Waals surface area (Å²) in [7, 11) is 0. The van der Waals surface area contributed by atoms with Gasteiger partial charge in [-0.3, -0.25) is 9.59 Å². The van der Waals surface area contributed by atoms with E-state index in [1.54, 1.807) is 25.1 Å². The zero-order valence-corrected chi connectivity index (χ0v) is 18.8. The summed E-state index contributed by atoms with van der Waals surface area (Å²) >= 11 is 5.89. The molecule has 1 aliphatic carbocycles. The van der Waals surface area contributed by atoms with E-state index in [2.05, 4.69) is 10.4 Å². The molecule has 1 heterocycles. The fourth-order valence-electron chi connectivity index (χ4n) is 3.45. The largest absolute Gasteiger partial charge is 0.460 e. The fraction of sp³-hybridized carbons (Fsp3) is 0.381. The lowest BCUT2D eigenvalue weighted by Crippen LogP contribution is -2.58. The average Bonchev–Trinajstić information content (AvgIpc) is 3.10. The Morgan fingerprint density at radius 3 is 2.31 bits per heavy atom. The fourth-order valence-corrected chi connectivity index (χ4v) is 3.68. The van der Waals surface area contributed by atoms with Gasteiger partial charge in [0.1, 0.15) is 5.76 Å². The maximum absolute atomic E-state index is 13.6. The number of nitrogens with one attached hydrogen (secondary N) is 2. The Hall–Kier alpha value is -3.09. The lowest BCUT2D eigenvalue weighted by molar-refractivity contribution is -0.344. The Bertz CT molecular complexity index is 1210. The molecule has 2 amide bonds. The summed E-state index contributed by atoms with van der Waals surface area (Å²) in [5, 5.41) is 6.44. The highest BCUT2D eigenvalue weighted by Crippen LogP contribution is 2.46. The van der Waals surface area contributed by atoms with Crippen molar-refractivity contribution in [3.63, 3.8) is 0 Å². The van der Waals surface area contributed by atoms with E-state index in [-0.39, 0.29) is 34.8 Å². The topological polar surface area (TPSA) is 83.7 Å². The summed E-state index contributed by atoms with van der Waals surface area (Å²) in [4.78, 5) is 24.3. The first kappa shape index (κ1) is 26.5. The van der Waals surface area contributed by atoms with Gasteiger partial charge < -0.3 is 9.73 Å². The number of nitrogens with zero attached hydrogens (tertiary/aromatic N) is 1. The molecule has 1 aromatic carbocycles. The summed E-state index contributed by atoms with van der Waals surface area (Å²) in [6.45, 7) is 3.15. The Balaban J connectivity index is 1.86. The quantitative estimate of drug-likeness (QED) is 0.381. The van der Waals surface area contributed by atoms with Crippen LogP contribution in [-0.4, -0.2) is 35.5 Å². The monoisotopic (exact) mass is 527 g/mol. The number of fused-ring (bicyclic) bond motifs is 1. The van der Waals surface area contributed by atoms with Crippen LogP contribution in [0.2, 0.25) is 5.02 Å². The normalized spacial score (nSPS) is 15.7. The predicted octanol–water partition coefficient (Wildman–Crippen LogP) is 5.79. The molecule has 190 valence electrons. The summed E-state index contributed by atoms with van der Waals surface area (Å²) in [5.41, 5.74) is 2.44. The molecule has 2 aromatic rings. The molecular formula is C21H17ClF7N3O3. The lowest BCUT2D eigenvalue weighted by atomic mass is 9.93. The minimum Gasteiger partial charge on any atom is -0.455 e. The van der Waals surface area contributed by atoms with Crippen molar-refractivity contribution in [3.8, 4) is 0 Å². The van der Waals surface area contributed by atoms with Gasteiger partial charge >= 0.3 is 23.9 Å². The minimum atomic E-state index is -6.66. The summed E-state index contributed by atoms with van der Waals surface area (Å²) in [5.74, 6) is -16.3. The van der Waals surface area contributed by atoms with Crippen molar-refractivity contribution < 1.29 is 44.7 Å². The molecule has 0 aliphatic heterocycles. The molecule has 1 aliphatic rings. The van der Waals surface area contributed by atoms with Gasteiger partial charge in [-0.2, -0.15) is 35.8 Å². The molecule has 14 heteroatoms. The van der Waals surface area contributed by atoms with Crippen LogP contribution in [0, 0.1) is 13.8 Å². The number of hydrazone groups is 1. The third kappa shape index (κ3) is 4.86. The first-order valence-electron chi connectivity index (χ1n) is 9.97. The summed E-state index contributed by atoms with van der Waals surface area (Å²) in [6.07, 6.45) is -5.99. The average molecular weight is 528 g/mol. The zero-order chi connectivity index (χ0) is 26.3. The highest BCUT2D eigenvalue weighted by atomic mass is 35.5. The van der Waals surface area contributed by atoms with E-state index in [9.17, 15) is 40.3 Å². The molecule has 0 fully saturated rings. The number of benzene rings is 1. The molecule has 0 atom stereocenters. The number of alkyl halides is 7. The van der Waals surface area contributed by atoms with Crippen LogP contribution in [0.25, 0.3) is 0 Å². The number of rotatable bonds is 5. The number of furan rings is 1. The van der Waals surface area contributed by atoms with Gasteiger partial charge in [-0.05, 0) is 50.5 Å². The molecule has 0 saturated carbocycles. The van der Waals surface area contributed by atoms with E-state index in [4.69, 9.17) is 16.0 Å². The number of hydrogen-bond donors (Lipinski definition) is 2. The van der Waals surface area contributed by atoms with Crippen LogP contribution >= 0.6 is 11.6 Å². The van der Waals surface area contributed by atoms with E-state index in [0.29, 0.717) is 29.1 Å². The van der Waals surface area contributed by atoms with Crippen LogP contribution < -0.4 is 10.7 Å². The number of carbonyl (C=O) groups excluding carboxylic acids is 2. The van der Waals surface area contributed by atoms with Gasteiger partial charge in [-0.25, -0.2) is 5.43 Å². The van der Waals surface area contributed by atoms with E-state index < -0.39 is 29.8 Å². The first-order chi connectivity index (χ1) is 16.1. The van der Waals surface area contributed by atoms with Gasteiger partial charge in [0.05, 0.1) is 5.71 Å². The molecule has 0 spiro atoms. The molecule has 0 unspecified atom stereocenters. The second-order valence-electron chi connectivity index (χ2n) is 7.77. The van der Waals surface area contributed by atoms with Gasteiger partial charge in [0.15, 0.2) is 5.76 Å². The van der Waals surface area contributed by atoms with Crippen LogP contribution in [0.5, 0.6) is 0 Å². The maximum atomic E-state index is 13.6. The third-order valence-electron chi connectivity index (χ3n) is 5.30. The number of hydrogen-bond acceptors (Lipinski definition) is 4. The molecule has 2 N–H and O–H groups in total. The molecule has 35 heavy (non-hydrogen) atoms. The maximum Gasteiger partial charge on any atom is 0.460 e. The summed E-state index contributed by atoms with van der Waals surface area (Å²) in [6, 6.07) is 4.73. The number of aryl methyl sites for hydroxylation is 2. The van der Waals surface area contributed by atoms with Gasteiger partial charge in [0, 0.05) is 28.3 Å². The Kier molecular flexibility index (Phi) is 6.95. The highest BCUT2D eigenvalue weighted by Gasteiger charge is 2.76. The molecule has 0 radical (unpaired) electrons. The summed E-state index contributed by atoms with van der Waals surface area (Å²) < 4.78 is 95.8. The van der Waals surface area contributed by atoms with Crippen molar-refractivity contribution in [3.05, 3.63) is 51.4 Å². The van der Waals surface area contributed by atoms with Gasteiger partial charge in [-0.15, -0.1) is 0 Å².